The van der Waals surface area contributed by atoms with Gasteiger partial charge in [0.2, 0.25) is 10.0 Å². The minimum Gasteiger partial charge on any atom is -0.398 e. The molecule has 2 aliphatic rings. The van der Waals surface area contributed by atoms with Gasteiger partial charge in [0.25, 0.3) is 5.91 Å². The number of nitrogens with one attached hydrogen (secondary N) is 2. The lowest BCUT2D eigenvalue weighted by Crippen LogP contribution is -2.36. The molecular formula is C21H26N8O5S2. The molecule has 2 aromatic rings. The minimum atomic E-state index is -4.62. The number of hydrogen-bond acceptors (Lipinski definition) is 11. The Morgan fingerprint density at radius 1 is 1.14 bits per heavy atom. The maximum absolute atomic E-state index is 12.9. The van der Waals surface area contributed by atoms with Crippen LogP contribution in [0.3, 0.4) is 0 Å². The number of anilines is 1. The summed E-state index contributed by atoms with van der Waals surface area (Å²) < 4.78 is 51.4. The van der Waals surface area contributed by atoms with Gasteiger partial charge < -0.3 is 22.1 Å². The van der Waals surface area contributed by atoms with Crippen LogP contribution in [-0.4, -0.2) is 66.7 Å². The van der Waals surface area contributed by atoms with Crippen LogP contribution >= 0.6 is 0 Å². The molecule has 1 fully saturated rings. The van der Waals surface area contributed by atoms with Gasteiger partial charge in [0, 0.05) is 24.7 Å². The molecule has 0 spiro atoms. The predicted octanol–water partition coefficient (Wildman–Crippen LogP) is -0.423. The van der Waals surface area contributed by atoms with Gasteiger partial charge in [-0.1, -0.05) is 18.2 Å². The second kappa shape index (κ2) is 10.0. The van der Waals surface area contributed by atoms with Crippen molar-refractivity contribution in [1.82, 2.24) is 10.6 Å². The standard InChI is InChI=1S/C21H26N8O5S2/c22-7-9-35(31,32)16-5-4-13(17(19(16)36(24,33)34)20-26-11-27-29-20)14-2-1-3-15(18(14)23)21(30)28-12-6-8-25-10-12/h1-5,12,25H,6-11,22-23H2,(H,28,30)(H2,24,33,34)/t12-/m0/s1. The minimum absolute atomic E-state index is 0.0506. The Morgan fingerprint density at radius 3 is 2.53 bits per heavy atom. The Morgan fingerprint density at radius 2 is 1.92 bits per heavy atom. The summed E-state index contributed by atoms with van der Waals surface area (Å²) in [4.78, 5) is 15.8. The van der Waals surface area contributed by atoms with Crippen molar-refractivity contribution < 1.29 is 21.6 Å². The molecule has 1 amide bonds. The number of sulfone groups is 1. The van der Waals surface area contributed by atoms with E-state index in [1.54, 1.807) is 18.2 Å². The predicted molar refractivity (Wildman–Crippen MR) is 134 cm³/mol. The van der Waals surface area contributed by atoms with E-state index in [4.69, 9.17) is 16.6 Å². The molecule has 2 aliphatic heterocycles. The van der Waals surface area contributed by atoms with E-state index in [1.165, 1.54) is 6.07 Å². The van der Waals surface area contributed by atoms with Crippen molar-refractivity contribution in [2.75, 3.05) is 37.8 Å². The zero-order chi connectivity index (χ0) is 26.1. The second-order valence-electron chi connectivity index (χ2n) is 8.26. The molecule has 1 saturated heterocycles. The first kappa shape index (κ1) is 25.8. The summed E-state index contributed by atoms with van der Waals surface area (Å²) in [6, 6.07) is 7.18. The van der Waals surface area contributed by atoms with Gasteiger partial charge in [0.15, 0.2) is 22.3 Å². The first-order chi connectivity index (χ1) is 17.0. The van der Waals surface area contributed by atoms with Crippen molar-refractivity contribution in [2.24, 2.45) is 26.1 Å². The van der Waals surface area contributed by atoms with Gasteiger partial charge in [-0.15, -0.1) is 5.11 Å². The third-order valence-corrected chi connectivity index (χ3v) is 8.74. The van der Waals surface area contributed by atoms with Crippen molar-refractivity contribution in [3.05, 3.63) is 41.5 Å². The van der Waals surface area contributed by atoms with Crippen LogP contribution in [0.15, 0.2) is 55.3 Å². The zero-order valence-electron chi connectivity index (χ0n) is 19.1. The molecule has 192 valence electrons. The van der Waals surface area contributed by atoms with E-state index in [0.717, 1.165) is 19.0 Å². The van der Waals surface area contributed by atoms with E-state index in [0.29, 0.717) is 6.54 Å². The highest BCUT2D eigenvalue weighted by atomic mass is 32.2. The summed E-state index contributed by atoms with van der Waals surface area (Å²) in [5.74, 6) is -1.02. The quantitative estimate of drug-likeness (QED) is 0.279. The summed E-state index contributed by atoms with van der Waals surface area (Å²) >= 11 is 0. The van der Waals surface area contributed by atoms with Crippen molar-refractivity contribution in [1.29, 1.82) is 0 Å². The Balaban J connectivity index is 1.96. The number of amides is 1. The topological polar surface area (TPSA) is 225 Å². The Hall–Kier alpha value is -3.24. The van der Waals surface area contributed by atoms with E-state index in [1.807, 2.05) is 0 Å². The number of azo groups is 1. The van der Waals surface area contributed by atoms with E-state index in [2.05, 4.69) is 25.9 Å². The number of sulfonamides is 1. The summed E-state index contributed by atoms with van der Waals surface area (Å²) in [5.41, 5.74) is 12.4. The third-order valence-electron chi connectivity index (χ3n) is 5.84. The number of carbonyl (C=O) groups is 1. The number of para-hydroxylation sites is 1. The van der Waals surface area contributed by atoms with Crippen molar-refractivity contribution in [2.45, 2.75) is 22.3 Å². The molecule has 0 aliphatic carbocycles. The molecular weight excluding hydrogens is 508 g/mol. The van der Waals surface area contributed by atoms with Crippen LogP contribution in [0.25, 0.3) is 11.1 Å². The third kappa shape index (κ3) is 5.01. The second-order valence-corrected chi connectivity index (χ2v) is 11.8. The Kier molecular flexibility index (Phi) is 7.19. The molecule has 2 aromatic carbocycles. The lowest BCUT2D eigenvalue weighted by Gasteiger charge is -2.19. The highest BCUT2D eigenvalue weighted by molar-refractivity contribution is 7.93. The number of rotatable bonds is 8. The highest BCUT2D eigenvalue weighted by Crippen LogP contribution is 2.38. The smallest absolute Gasteiger partial charge is 0.253 e. The van der Waals surface area contributed by atoms with Crippen molar-refractivity contribution in [3.8, 4) is 11.1 Å². The summed E-state index contributed by atoms with van der Waals surface area (Å²) in [5, 5.41) is 19.3. The first-order valence-corrected chi connectivity index (χ1v) is 14.2. The molecule has 0 bridgehead atoms. The molecule has 8 N–H and O–H groups in total. The average Bonchev–Trinajstić information content (AvgIpc) is 3.52. The maximum Gasteiger partial charge on any atom is 0.253 e. The molecule has 15 heteroatoms. The lowest BCUT2D eigenvalue weighted by atomic mass is 9.95. The zero-order valence-corrected chi connectivity index (χ0v) is 20.8. The number of nitrogen functional groups attached to an aromatic ring is 1. The number of amidine groups is 1. The number of carbonyl (C=O) groups excluding carboxylic acids is 1. The highest BCUT2D eigenvalue weighted by Gasteiger charge is 2.33. The van der Waals surface area contributed by atoms with Crippen molar-refractivity contribution in [3.63, 3.8) is 0 Å². The van der Waals surface area contributed by atoms with E-state index in [-0.39, 0.29) is 53.0 Å². The number of aliphatic imine (C=N–C) groups is 1. The van der Waals surface area contributed by atoms with Gasteiger partial charge in [0.1, 0.15) is 4.90 Å². The molecule has 4 rings (SSSR count). The normalized spacial score (nSPS) is 17.8. The monoisotopic (exact) mass is 534 g/mol. The fourth-order valence-electron chi connectivity index (χ4n) is 4.20. The fourth-order valence-corrected chi connectivity index (χ4v) is 6.95. The van der Waals surface area contributed by atoms with Gasteiger partial charge in [-0.2, -0.15) is 5.11 Å². The van der Waals surface area contributed by atoms with Gasteiger partial charge in [-0.3, -0.25) is 4.79 Å². The van der Waals surface area contributed by atoms with Crippen LogP contribution in [-0.2, 0) is 19.9 Å². The Bertz CT molecular complexity index is 1480. The molecule has 0 radical (unpaired) electrons. The van der Waals surface area contributed by atoms with Crippen LogP contribution in [0, 0.1) is 0 Å². The van der Waals surface area contributed by atoms with E-state index >= 15 is 0 Å². The fraction of sp³-hybridized carbons (Fsp3) is 0.333. The number of primary sulfonamides is 1. The average molecular weight is 535 g/mol. The molecule has 1 atom stereocenters. The van der Waals surface area contributed by atoms with Gasteiger partial charge in [-0.05, 0) is 30.7 Å². The van der Waals surface area contributed by atoms with Crippen LogP contribution < -0.4 is 27.2 Å². The molecule has 36 heavy (non-hydrogen) atoms. The number of nitrogens with two attached hydrogens (primary N) is 3. The number of hydrogen-bond donors (Lipinski definition) is 5. The van der Waals surface area contributed by atoms with Gasteiger partial charge in [-0.25, -0.2) is 27.0 Å². The molecule has 0 saturated carbocycles. The first-order valence-electron chi connectivity index (χ1n) is 11.0. The summed E-state index contributed by atoms with van der Waals surface area (Å²) in [6.07, 6.45) is 0.775. The van der Waals surface area contributed by atoms with Crippen LogP contribution in [0.5, 0.6) is 0 Å². The molecule has 0 aromatic heterocycles. The Labute approximate surface area is 208 Å². The maximum atomic E-state index is 12.9. The SMILES string of the molecule is NCCS(=O)(=O)c1ccc(-c2cccc(C(=O)N[C@H]3CCNC3)c2N)c(C2=NCN=N2)c1S(N)(=O)=O. The van der Waals surface area contributed by atoms with E-state index < -0.39 is 41.3 Å². The van der Waals surface area contributed by atoms with Crippen LogP contribution in [0.4, 0.5) is 5.69 Å². The summed E-state index contributed by atoms with van der Waals surface area (Å²) in [6.45, 7) is 1.11. The van der Waals surface area contributed by atoms with E-state index in [9.17, 15) is 21.6 Å². The molecule has 0 unspecified atom stereocenters. The number of benzene rings is 2. The van der Waals surface area contributed by atoms with Gasteiger partial charge >= 0.3 is 0 Å². The van der Waals surface area contributed by atoms with Crippen LogP contribution in [0.1, 0.15) is 22.3 Å². The molecule has 2 heterocycles. The van der Waals surface area contributed by atoms with Crippen LogP contribution in [0.2, 0.25) is 0 Å². The molecule has 13 nitrogen and oxygen atoms in total. The number of nitrogens with zero attached hydrogens (tertiary/aromatic N) is 3. The van der Waals surface area contributed by atoms with Crippen molar-refractivity contribution >= 4 is 37.3 Å². The summed E-state index contributed by atoms with van der Waals surface area (Å²) in [7, 11) is -8.75. The lowest BCUT2D eigenvalue weighted by molar-refractivity contribution is 0.0941. The van der Waals surface area contributed by atoms with Gasteiger partial charge in [0.05, 0.1) is 27.5 Å². The largest absolute Gasteiger partial charge is 0.398 e.